The topological polar surface area (TPSA) is 43.4 Å². The number of carbonyl (C=O) groups excluding carboxylic acids is 2. The van der Waals surface area contributed by atoms with Crippen LogP contribution in [0.2, 0.25) is 10.1 Å². The van der Waals surface area contributed by atoms with E-state index in [-0.39, 0.29) is 26.7 Å². The molecule has 0 aliphatic heterocycles. The van der Waals surface area contributed by atoms with Gasteiger partial charge in [0.25, 0.3) is 0 Å². The number of ether oxygens (including phenoxy) is 1. The molecule has 0 fully saturated rings. The molecule has 0 aromatic heterocycles. The van der Waals surface area contributed by atoms with Crippen molar-refractivity contribution in [2.24, 2.45) is 0 Å². The number of ketones is 1. The Kier molecular flexibility index (Phi) is 7.46. The molecule has 1 rings (SSSR count). The minimum atomic E-state index is -0.596. The molecule has 0 amide bonds. The summed E-state index contributed by atoms with van der Waals surface area (Å²) in [4.78, 5) is 23.7. The van der Waals surface area contributed by atoms with Crippen LogP contribution >= 0.6 is 0 Å². The number of Topliss-reactive ketones (excluding diaryl/α,β-unsaturated/α-hetero) is 1. The van der Waals surface area contributed by atoms with E-state index in [0.29, 0.717) is 12.2 Å². The second kappa shape index (κ2) is 8.89. The fraction of sp³-hybridized carbons (Fsp3) is 0.467. The quantitative estimate of drug-likeness (QED) is 0.242. The molecule has 0 bridgehead atoms. The summed E-state index contributed by atoms with van der Waals surface area (Å²) in [7, 11) is 0. The molecule has 0 radical (unpaired) electrons. The third-order valence-electron chi connectivity index (χ3n) is 2.58. The number of benzene rings is 1. The van der Waals surface area contributed by atoms with E-state index < -0.39 is 4.82 Å². The Bertz CT molecular complexity index is 403. The van der Waals surface area contributed by atoms with Crippen molar-refractivity contribution in [1.82, 2.24) is 0 Å². The Balaban J connectivity index is 2.77. The van der Waals surface area contributed by atoms with Crippen LogP contribution in [0.3, 0.4) is 0 Å². The standard InChI is InChI=1S/C15H20O3Se/c1-3-5-11-19-14(15(17)18-4-2)13(16)12-9-7-6-8-10-12/h6-10,14H,3-5,11H2,1-2H3. The summed E-state index contributed by atoms with van der Waals surface area (Å²) in [6, 6.07) is 9.00. The maximum absolute atomic E-state index is 12.4. The Labute approximate surface area is 120 Å². The number of esters is 1. The van der Waals surface area contributed by atoms with E-state index in [1.807, 2.05) is 18.2 Å². The Morgan fingerprint density at radius 1 is 1.21 bits per heavy atom. The summed E-state index contributed by atoms with van der Waals surface area (Å²) < 4.78 is 5.03. The predicted molar refractivity (Wildman–Crippen MR) is 76.6 cm³/mol. The van der Waals surface area contributed by atoms with E-state index in [9.17, 15) is 9.59 Å². The molecule has 0 N–H and O–H groups in total. The molecule has 1 atom stereocenters. The van der Waals surface area contributed by atoms with Gasteiger partial charge in [-0.15, -0.1) is 0 Å². The molecule has 1 aromatic rings. The van der Waals surface area contributed by atoms with Gasteiger partial charge in [-0.3, -0.25) is 0 Å². The summed E-state index contributed by atoms with van der Waals surface area (Å²) >= 11 is -0.0326. The third kappa shape index (κ3) is 5.17. The van der Waals surface area contributed by atoms with Crippen molar-refractivity contribution in [1.29, 1.82) is 0 Å². The monoisotopic (exact) mass is 328 g/mol. The van der Waals surface area contributed by atoms with E-state index in [1.165, 1.54) is 0 Å². The molecular formula is C15H20O3Se. The van der Waals surface area contributed by atoms with Crippen LogP contribution in [0.5, 0.6) is 0 Å². The van der Waals surface area contributed by atoms with Gasteiger partial charge in [0.1, 0.15) is 0 Å². The van der Waals surface area contributed by atoms with Crippen molar-refractivity contribution >= 4 is 26.7 Å². The van der Waals surface area contributed by atoms with Crippen LogP contribution in [0.15, 0.2) is 30.3 Å². The zero-order valence-electron chi connectivity index (χ0n) is 11.4. The van der Waals surface area contributed by atoms with Crippen LogP contribution in [0.1, 0.15) is 37.0 Å². The average molecular weight is 327 g/mol. The second-order valence-corrected chi connectivity index (χ2v) is 6.63. The van der Waals surface area contributed by atoms with Gasteiger partial charge in [0.2, 0.25) is 0 Å². The average Bonchev–Trinajstić information content (AvgIpc) is 2.44. The SMILES string of the molecule is CCCC[Se]C(C(=O)OCC)C(=O)c1ccccc1. The van der Waals surface area contributed by atoms with E-state index in [0.717, 1.165) is 18.2 Å². The van der Waals surface area contributed by atoms with Gasteiger partial charge in [0.05, 0.1) is 0 Å². The molecule has 4 heteroatoms. The van der Waals surface area contributed by atoms with Gasteiger partial charge in [-0.05, 0) is 0 Å². The molecule has 1 unspecified atom stereocenters. The number of hydrogen-bond donors (Lipinski definition) is 0. The zero-order chi connectivity index (χ0) is 14.1. The fourth-order valence-electron chi connectivity index (χ4n) is 1.57. The first-order valence-corrected chi connectivity index (χ1v) is 8.78. The number of unbranched alkanes of at least 4 members (excludes halogenated alkanes) is 1. The fourth-order valence-corrected chi connectivity index (χ4v) is 4.05. The Morgan fingerprint density at radius 2 is 1.89 bits per heavy atom. The van der Waals surface area contributed by atoms with Gasteiger partial charge in [-0.2, -0.15) is 0 Å². The van der Waals surface area contributed by atoms with Crippen molar-refractivity contribution in [2.75, 3.05) is 6.61 Å². The van der Waals surface area contributed by atoms with Crippen LogP contribution in [-0.4, -0.2) is 33.3 Å². The molecule has 0 heterocycles. The summed E-state index contributed by atoms with van der Waals surface area (Å²) in [6.07, 6.45) is 2.13. The van der Waals surface area contributed by atoms with Crippen LogP contribution < -0.4 is 0 Å². The summed E-state index contributed by atoms with van der Waals surface area (Å²) in [5.41, 5.74) is 0.596. The van der Waals surface area contributed by atoms with Crippen LogP contribution in [0.25, 0.3) is 0 Å². The first-order chi connectivity index (χ1) is 9.20. The summed E-state index contributed by atoms with van der Waals surface area (Å²) in [5, 5.41) is 0.936. The van der Waals surface area contributed by atoms with Crippen molar-refractivity contribution in [3.05, 3.63) is 35.9 Å². The molecule has 0 aliphatic rings. The van der Waals surface area contributed by atoms with Gasteiger partial charge in [0, 0.05) is 0 Å². The maximum atomic E-state index is 12.4. The normalized spacial score (nSPS) is 11.9. The van der Waals surface area contributed by atoms with Gasteiger partial charge in [0.15, 0.2) is 0 Å². The molecule has 3 nitrogen and oxygen atoms in total. The molecule has 0 aliphatic carbocycles. The second-order valence-electron chi connectivity index (χ2n) is 4.09. The van der Waals surface area contributed by atoms with Gasteiger partial charge < -0.3 is 0 Å². The Hall–Kier alpha value is -1.12. The first kappa shape index (κ1) is 15.9. The number of rotatable bonds is 8. The van der Waals surface area contributed by atoms with E-state index in [2.05, 4.69) is 6.92 Å². The molecule has 0 saturated heterocycles. The van der Waals surface area contributed by atoms with Gasteiger partial charge >= 0.3 is 120 Å². The van der Waals surface area contributed by atoms with Crippen molar-refractivity contribution in [3.63, 3.8) is 0 Å². The number of hydrogen-bond acceptors (Lipinski definition) is 3. The number of carbonyl (C=O) groups is 2. The van der Waals surface area contributed by atoms with Crippen LogP contribution in [0, 0.1) is 0 Å². The van der Waals surface area contributed by atoms with Crippen molar-refractivity contribution in [3.8, 4) is 0 Å². The molecule has 1 aromatic carbocycles. The summed E-state index contributed by atoms with van der Waals surface area (Å²) in [6.45, 7) is 4.19. The Morgan fingerprint density at radius 3 is 2.47 bits per heavy atom. The molecule has 19 heavy (non-hydrogen) atoms. The third-order valence-corrected chi connectivity index (χ3v) is 5.23. The van der Waals surface area contributed by atoms with E-state index in [1.54, 1.807) is 19.1 Å². The van der Waals surface area contributed by atoms with Gasteiger partial charge in [-0.1, -0.05) is 0 Å². The van der Waals surface area contributed by atoms with Crippen molar-refractivity contribution in [2.45, 2.75) is 36.8 Å². The van der Waals surface area contributed by atoms with E-state index >= 15 is 0 Å². The van der Waals surface area contributed by atoms with Crippen LogP contribution in [0.4, 0.5) is 0 Å². The van der Waals surface area contributed by atoms with Crippen molar-refractivity contribution < 1.29 is 14.3 Å². The molecular weight excluding hydrogens is 307 g/mol. The minimum absolute atomic E-state index is 0.0326. The first-order valence-electron chi connectivity index (χ1n) is 6.58. The summed E-state index contributed by atoms with van der Waals surface area (Å²) in [5.74, 6) is -0.470. The zero-order valence-corrected chi connectivity index (χ0v) is 13.1. The van der Waals surface area contributed by atoms with Gasteiger partial charge in [-0.25, -0.2) is 0 Å². The molecule has 104 valence electrons. The van der Waals surface area contributed by atoms with E-state index in [4.69, 9.17) is 4.74 Å². The molecule has 0 saturated carbocycles. The predicted octanol–water partition coefficient (Wildman–Crippen LogP) is 3.14. The van der Waals surface area contributed by atoms with Crippen LogP contribution in [-0.2, 0) is 9.53 Å². The molecule has 0 spiro atoms.